The van der Waals surface area contributed by atoms with Gasteiger partial charge in [-0.05, 0) is 37.4 Å². The number of rotatable bonds is 10. The maximum atomic E-state index is 11.1. The number of carbonyl (C=O) groups is 1. The fourth-order valence-electron chi connectivity index (χ4n) is 3.34. The van der Waals surface area contributed by atoms with Gasteiger partial charge in [0.25, 0.3) is 0 Å². The first-order valence-corrected chi connectivity index (χ1v) is 9.39. The van der Waals surface area contributed by atoms with E-state index in [0.717, 1.165) is 39.0 Å². The zero-order chi connectivity index (χ0) is 18.1. The van der Waals surface area contributed by atoms with Crippen molar-refractivity contribution in [2.75, 3.05) is 50.8 Å². The van der Waals surface area contributed by atoms with Gasteiger partial charge in [-0.25, -0.2) is 0 Å². The Hall–Kier alpha value is -1.30. The van der Waals surface area contributed by atoms with Crippen molar-refractivity contribution in [3.8, 4) is 0 Å². The molecule has 5 nitrogen and oxygen atoms in total. The maximum Gasteiger partial charge on any atom is 0.307 e. The zero-order valence-corrected chi connectivity index (χ0v) is 16.8. The summed E-state index contributed by atoms with van der Waals surface area (Å²) in [7, 11) is 0. The Kier molecular flexibility index (Phi) is 10.6. The summed E-state index contributed by atoms with van der Waals surface area (Å²) in [6.07, 6.45) is 1.76. The van der Waals surface area contributed by atoms with E-state index < -0.39 is 5.97 Å². The third-order valence-corrected chi connectivity index (χ3v) is 4.62. The Morgan fingerprint density at radius 1 is 1.31 bits per heavy atom. The van der Waals surface area contributed by atoms with Gasteiger partial charge in [0.05, 0.1) is 19.1 Å². The van der Waals surface area contributed by atoms with Crippen molar-refractivity contribution in [3.05, 3.63) is 30.3 Å². The molecule has 0 radical (unpaired) electrons. The molecule has 1 heterocycles. The molecular formula is C20H33ClN2O3. The minimum Gasteiger partial charge on any atom is -0.481 e. The van der Waals surface area contributed by atoms with Gasteiger partial charge in [-0.2, -0.15) is 0 Å². The second-order valence-electron chi connectivity index (χ2n) is 7.27. The largest absolute Gasteiger partial charge is 0.481 e. The summed E-state index contributed by atoms with van der Waals surface area (Å²) in [6, 6.07) is 10.5. The van der Waals surface area contributed by atoms with E-state index in [-0.39, 0.29) is 18.3 Å². The van der Waals surface area contributed by atoms with E-state index in [0.29, 0.717) is 25.7 Å². The highest BCUT2D eigenvalue weighted by Crippen LogP contribution is 2.16. The molecule has 1 atom stereocenters. The number of benzene rings is 1. The lowest BCUT2D eigenvalue weighted by Gasteiger charge is -2.30. The monoisotopic (exact) mass is 384 g/mol. The molecule has 0 bridgehead atoms. The van der Waals surface area contributed by atoms with Gasteiger partial charge in [-0.3, -0.25) is 4.79 Å². The average Bonchev–Trinajstić information content (AvgIpc) is 2.61. The first kappa shape index (κ1) is 22.7. The first-order valence-electron chi connectivity index (χ1n) is 9.39. The van der Waals surface area contributed by atoms with Crippen LogP contribution in [0, 0.1) is 11.8 Å². The molecule has 1 aliphatic heterocycles. The number of carboxylic acid groups (broad SMARTS) is 1. The number of hydrogen-bond acceptors (Lipinski definition) is 4. The van der Waals surface area contributed by atoms with Crippen LogP contribution in [0.25, 0.3) is 0 Å². The van der Waals surface area contributed by atoms with Gasteiger partial charge >= 0.3 is 5.97 Å². The van der Waals surface area contributed by atoms with Crippen LogP contribution in [0.3, 0.4) is 0 Å². The number of para-hydroxylation sites is 1. The van der Waals surface area contributed by atoms with Gasteiger partial charge in [0.1, 0.15) is 0 Å². The van der Waals surface area contributed by atoms with Crippen LogP contribution in [-0.2, 0) is 9.53 Å². The number of hydrogen-bond donors (Lipinski definition) is 1. The van der Waals surface area contributed by atoms with Crippen LogP contribution in [0.1, 0.15) is 26.7 Å². The van der Waals surface area contributed by atoms with Crippen molar-refractivity contribution in [1.82, 2.24) is 4.90 Å². The van der Waals surface area contributed by atoms with Gasteiger partial charge in [0.2, 0.25) is 0 Å². The SMILES string of the molecule is CC(C)CN(CCOCCN1CCCC(C(=O)O)C1)c1ccccc1.Cl. The number of piperidine rings is 1. The molecule has 1 aliphatic rings. The minimum atomic E-state index is -0.669. The molecule has 0 saturated carbocycles. The summed E-state index contributed by atoms with van der Waals surface area (Å²) in [5.41, 5.74) is 1.24. The van der Waals surface area contributed by atoms with Crippen LogP contribution in [0.5, 0.6) is 0 Å². The molecule has 1 aromatic rings. The average molecular weight is 385 g/mol. The number of halogens is 1. The van der Waals surface area contributed by atoms with Crippen molar-refractivity contribution < 1.29 is 14.6 Å². The Balaban J connectivity index is 0.00000338. The van der Waals surface area contributed by atoms with E-state index in [1.807, 2.05) is 6.07 Å². The van der Waals surface area contributed by atoms with E-state index >= 15 is 0 Å². The second kappa shape index (κ2) is 12.2. The number of nitrogens with zero attached hydrogens (tertiary/aromatic N) is 2. The van der Waals surface area contributed by atoms with E-state index in [1.54, 1.807) is 0 Å². The lowest BCUT2D eigenvalue weighted by Crippen LogP contribution is -2.40. The molecule has 1 fully saturated rings. The number of carboxylic acids is 1. The van der Waals surface area contributed by atoms with Crippen LogP contribution in [0.2, 0.25) is 0 Å². The highest BCUT2D eigenvalue weighted by atomic mass is 35.5. The van der Waals surface area contributed by atoms with E-state index in [4.69, 9.17) is 9.84 Å². The summed E-state index contributed by atoms with van der Waals surface area (Å²) < 4.78 is 5.83. The highest BCUT2D eigenvalue weighted by Gasteiger charge is 2.24. The van der Waals surface area contributed by atoms with Crippen LogP contribution in [0.15, 0.2) is 30.3 Å². The fourth-order valence-corrected chi connectivity index (χ4v) is 3.34. The third-order valence-electron chi connectivity index (χ3n) is 4.62. The van der Waals surface area contributed by atoms with Crippen molar-refractivity contribution >= 4 is 24.1 Å². The predicted octanol–water partition coefficient (Wildman–Crippen LogP) is 3.38. The molecule has 148 valence electrons. The molecule has 6 heteroatoms. The predicted molar refractivity (Wildman–Crippen MR) is 108 cm³/mol. The summed E-state index contributed by atoms with van der Waals surface area (Å²) in [6.45, 7) is 10.2. The van der Waals surface area contributed by atoms with Gasteiger partial charge in [0.15, 0.2) is 0 Å². The number of aliphatic carboxylic acids is 1. The van der Waals surface area contributed by atoms with Crippen molar-refractivity contribution in [2.45, 2.75) is 26.7 Å². The standard InChI is InChI=1S/C20H32N2O3.ClH/c1-17(2)15-22(19-8-4-3-5-9-19)12-14-25-13-11-21-10-6-7-18(16-21)20(23)24;/h3-5,8-9,17-18H,6-7,10-16H2,1-2H3,(H,23,24);1H. The van der Waals surface area contributed by atoms with E-state index in [2.05, 4.69) is 47.9 Å². The molecule has 2 rings (SSSR count). The van der Waals surface area contributed by atoms with Gasteiger partial charge in [-0.15, -0.1) is 12.4 Å². The summed E-state index contributed by atoms with van der Waals surface area (Å²) >= 11 is 0. The Bertz CT molecular complexity index is 513. The lowest BCUT2D eigenvalue weighted by atomic mass is 9.98. The summed E-state index contributed by atoms with van der Waals surface area (Å²) in [5, 5.41) is 9.14. The molecule has 26 heavy (non-hydrogen) atoms. The molecule has 0 aliphatic carbocycles. The van der Waals surface area contributed by atoms with Crippen LogP contribution < -0.4 is 4.90 Å². The molecule has 0 spiro atoms. The molecule has 1 unspecified atom stereocenters. The Morgan fingerprint density at radius 2 is 2.04 bits per heavy atom. The van der Waals surface area contributed by atoms with Gasteiger partial charge < -0.3 is 19.6 Å². The highest BCUT2D eigenvalue weighted by molar-refractivity contribution is 5.85. The van der Waals surface area contributed by atoms with Gasteiger partial charge in [-0.1, -0.05) is 32.0 Å². The van der Waals surface area contributed by atoms with E-state index in [1.165, 1.54) is 5.69 Å². The quantitative estimate of drug-likeness (QED) is 0.627. The smallest absolute Gasteiger partial charge is 0.307 e. The van der Waals surface area contributed by atoms with Crippen LogP contribution in [0.4, 0.5) is 5.69 Å². The van der Waals surface area contributed by atoms with Crippen molar-refractivity contribution in [3.63, 3.8) is 0 Å². The molecule has 0 amide bonds. The third kappa shape index (κ3) is 7.94. The van der Waals surface area contributed by atoms with E-state index in [9.17, 15) is 4.79 Å². The summed E-state index contributed by atoms with van der Waals surface area (Å²) in [5.74, 6) is -0.285. The topological polar surface area (TPSA) is 53.0 Å². The molecule has 0 aromatic heterocycles. The van der Waals surface area contributed by atoms with Crippen molar-refractivity contribution in [1.29, 1.82) is 0 Å². The molecule has 1 saturated heterocycles. The Morgan fingerprint density at radius 3 is 2.69 bits per heavy atom. The number of ether oxygens (including phenoxy) is 1. The number of anilines is 1. The summed E-state index contributed by atoms with van der Waals surface area (Å²) in [4.78, 5) is 15.7. The fraction of sp³-hybridized carbons (Fsp3) is 0.650. The normalized spacial score (nSPS) is 17.7. The van der Waals surface area contributed by atoms with Gasteiger partial charge in [0, 0.05) is 31.9 Å². The second-order valence-corrected chi connectivity index (χ2v) is 7.27. The Labute approximate surface area is 163 Å². The van der Waals surface area contributed by atoms with Crippen molar-refractivity contribution in [2.24, 2.45) is 11.8 Å². The lowest BCUT2D eigenvalue weighted by molar-refractivity contribution is -0.143. The maximum absolute atomic E-state index is 11.1. The molecule has 1 aromatic carbocycles. The number of likely N-dealkylation sites (tertiary alicyclic amines) is 1. The first-order chi connectivity index (χ1) is 12.1. The zero-order valence-electron chi connectivity index (χ0n) is 16.0. The van der Waals surface area contributed by atoms with Crippen LogP contribution in [-0.4, -0.2) is 61.9 Å². The molecule has 1 N–H and O–H groups in total. The van der Waals surface area contributed by atoms with Crippen LogP contribution >= 0.6 is 12.4 Å². The minimum absolute atomic E-state index is 0. The molecular weight excluding hydrogens is 352 g/mol.